The number of amides is 1. The zero-order chi connectivity index (χ0) is 16.1. The van der Waals surface area contributed by atoms with Crippen molar-refractivity contribution in [2.24, 2.45) is 11.7 Å². The Morgan fingerprint density at radius 3 is 2.30 bits per heavy atom. The molecule has 0 bridgehead atoms. The minimum atomic E-state index is 0.00271. The van der Waals surface area contributed by atoms with Crippen LogP contribution in [0.25, 0.3) is 0 Å². The molecule has 23 heavy (non-hydrogen) atoms. The highest BCUT2D eigenvalue weighted by Gasteiger charge is 2.29. The molecule has 0 aliphatic heterocycles. The maximum atomic E-state index is 12.6. The summed E-state index contributed by atoms with van der Waals surface area (Å²) in [4.78, 5) is 12.6. The fourth-order valence-electron chi connectivity index (χ4n) is 3.33. The Morgan fingerprint density at radius 2 is 1.70 bits per heavy atom. The fourth-order valence-corrected chi connectivity index (χ4v) is 3.33. The molecule has 1 amide bonds. The number of hydrogen-bond donors (Lipinski definition) is 2. The molecule has 0 spiro atoms. The molecule has 3 N–H and O–H groups in total. The quantitative estimate of drug-likeness (QED) is 0.891. The van der Waals surface area contributed by atoms with Gasteiger partial charge in [0.15, 0.2) is 0 Å². The van der Waals surface area contributed by atoms with Gasteiger partial charge in [-0.05, 0) is 36.8 Å². The predicted molar refractivity (Wildman–Crippen MR) is 92.8 cm³/mol. The zero-order valence-corrected chi connectivity index (χ0v) is 13.3. The van der Waals surface area contributed by atoms with Crippen LogP contribution in [0.5, 0.6) is 0 Å². The Bertz CT molecular complexity index is 627. The summed E-state index contributed by atoms with van der Waals surface area (Å²) in [6.07, 6.45) is 3.46. The maximum absolute atomic E-state index is 12.6. The lowest BCUT2D eigenvalue weighted by atomic mass is 9.97. The van der Waals surface area contributed by atoms with Gasteiger partial charge in [-0.2, -0.15) is 0 Å². The molecule has 120 valence electrons. The van der Waals surface area contributed by atoms with E-state index in [9.17, 15) is 4.79 Å². The Labute approximate surface area is 137 Å². The normalized spacial score (nSPS) is 21.8. The van der Waals surface area contributed by atoms with Crippen molar-refractivity contribution in [1.82, 2.24) is 5.32 Å². The molecule has 1 saturated carbocycles. The molecular formula is C20H24N2O. The molecule has 3 unspecified atom stereocenters. The Kier molecular flexibility index (Phi) is 5.09. The number of benzene rings is 2. The lowest BCUT2D eigenvalue weighted by molar-refractivity contribution is -0.125. The third-order valence-electron chi connectivity index (χ3n) is 4.65. The maximum Gasteiger partial charge on any atom is 0.223 e. The number of rotatable bonds is 5. The van der Waals surface area contributed by atoms with Gasteiger partial charge in [0.25, 0.3) is 0 Å². The molecule has 1 fully saturated rings. The molecule has 0 heterocycles. The van der Waals surface area contributed by atoms with Gasteiger partial charge in [0.2, 0.25) is 5.91 Å². The molecule has 3 heteroatoms. The summed E-state index contributed by atoms with van der Waals surface area (Å²) in [6.45, 7) is 0. The first-order chi connectivity index (χ1) is 11.2. The molecule has 1 aliphatic carbocycles. The summed E-state index contributed by atoms with van der Waals surface area (Å²) < 4.78 is 0. The lowest BCUT2D eigenvalue weighted by Crippen LogP contribution is -2.34. The molecule has 0 aromatic heterocycles. The SMILES string of the molecule is NC1CCC(C(=O)NC(Cc2ccccc2)c2ccccc2)C1. The number of nitrogens with two attached hydrogens (primary N) is 1. The molecule has 2 aromatic rings. The van der Waals surface area contributed by atoms with Crippen molar-refractivity contribution < 1.29 is 4.79 Å². The average Bonchev–Trinajstić information content (AvgIpc) is 3.03. The van der Waals surface area contributed by atoms with Gasteiger partial charge in [-0.3, -0.25) is 4.79 Å². The van der Waals surface area contributed by atoms with Crippen LogP contribution in [0.3, 0.4) is 0 Å². The Balaban J connectivity index is 1.74. The highest BCUT2D eigenvalue weighted by Crippen LogP contribution is 2.26. The summed E-state index contributed by atoms with van der Waals surface area (Å²) in [5.41, 5.74) is 8.32. The zero-order valence-electron chi connectivity index (χ0n) is 13.3. The highest BCUT2D eigenvalue weighted by molar-refractivity contribution is 5.79. The van der Waals surface area contributed by atoms with Crippen LogP contribution in [0.1, 0.15) is 36.4 Å². The number of carbonyl (C=O) groups excluding carboxylic acids is 1. The van der Waals surface area contributed by atoms with Crippen LogP contribution in [0.4, 0.5) is 0 Å². The molecule has 2 aromatic carbocycles. The van der Waals surface area contributed by atoms with E-state index in [1.54, 1.807) is 0 Å². The van der Waals surface area contributed by atoms with Crippen LogP contribution >= 0.6 is 0 Å². The van der Waals surface area contributed by atoms with E-state index in [0.29, 0.717) is 0 Å². The van der Waals surface area contributed by atoms with Crippen molar-refractivity contribution in [2.45, 2.75) is 37.8 Å². The van der Waals surface area contributed by atoms with E-state index in [4.69, 9.17) is 5.73 Å². The monoisotopic (exact) mass is 308 g/mol. The van der Waals surface area contributed by atoms with Gasteiger partial charge in [-0.15, -0.1) is 0 Å². The number of nitrogens with one attached hydrogen (secondary N) is 1. The van der Waals surface area contributed by atoms with Crippen molar-refractivity contribution >= 4 is 5.91 Å². The van der Waals surface area contributed by atoms with E-state index in [1.807, 2.05) is 36.4 Å². The van der Waals surface area contributed by atoms with E-state index in [-0.39, 0.29) is 23.9 Å². The lowest BCUT2D eigenvalue weighted by Gasteiger charge is -2.21. The topological polar surface area (TPSA) is 55.1 Å². The second-order valence-electron chi connectivity index (χ2n) is 6.43. The molecule has 3 nitrogen and oxygen atoms in total. The highest BCUT2D eigenvalue weighted by atomic mass is 16.1. The first-order valence-corrected chi connectivity index (χ1v) is 8.37. The first-order valence-electron chi connectivity index (χ1n) is 8.37. The molecule has 0 saturated heterocycles. The van der Waals surface area contributed by atoms with Crippen molar-refractivity contribution in [3.63, 3.8) is 0 Å². The summed E-state index contributed by atoms with van der Waals surface area (Å²) in [7, 11) is 0. The number of hydrogen-bond acceptors (Lipinski definition) is 2. The summed E-state index contributed by atoms with van der Waals surface area (Å²) >= 11 is 0. The van der Waals surface area contributed by atoms with Crippen molar-refractivity contribution in [1.29, 1.82) is 0 Å². The van der Waals surface area contributed by atoms with Gasteiger partial charge in [-0.25, -0.2) is 0 Å². The van der Waals surface area contributed by atoms with E-state index < -0.39 is 0 Å². The smallest absolute Gasteiger partial charge is 0.223 e. The minimum absolute atomic E-state index is 0.00271. The van der Waals surface area contributed by atoms with Gasteiger partial charge in [-0.1, -0.05) is 60.7 Å². The van der Waals surface area contributed by atoms with Gasteiger partial charge in [0.05, 0.1) is 6.04 Å². The Morgan fingerprint density at radius 1 is 1.04 bits per heavy atom. The van der Waals surface area contributed by atoms with Gasteiger partial charge in [0.1, 0.15) is 0 Å². The van der Waals surface area contributed by atoms with Crippen molar-refractivity contribution in [3.05, 3.63) is 71.8 Å². The van der Waals surface area contributed by atoms with E-state index in [0.717, 1.165) is 31.2 Å². The predicted octanol–water partition coefficient (Wildman–Crippen LogP) is 3.21. The summed E-state index contributed by atoms with van der Waals surface area (Å²) in [6, 6.07) is 20.7. The molecule has 1 aliphatic rings. The minimum Gasteiger partial charge on any atom is -0.349 e. The second-order valence-corrected chi connectivity index (χ2v) is 6.43. The van der Waals surface area contributed by atoms with Crippen LogP contribution in [-0.4, -0.2) is 11.9 Å². The summed E-state index contributed by atoms with van der Waals surface area (Å²) in [5, 5.41) is 3.25. The van der Waals surface area contributed by atoms with Crippen LogP contribution in [0, 0.1) is 5.92 Å². The number of carbonyl (C=O) groups is 1. The van der Waals surface area contributed by atoms with Crippen molar-refractivity contribution in [2.75, 3.05) is 0 Å². The van der Waals surface area contributed by atoms with Crippen LogP contribution < -0.4 is 11.1 Å². The standard InChI is InChI=1S/C20H24N2O/c21-18-12-11-17(14-18)20(23)22-19(16-9-5-2-6-10-16)13-15-7-3-1-4-8-15/h1-10,17-19H,11-14,21H2,(H,22,23). The Hall–Kier alpha value is -2.13. The average molecular weight is 308 g/mol. The van der Waals surface area contributed by atoms with E-state index in [1.165, 1.54) is 5.56 Å². The third-order valence-corrected chi connectivity index (χ3v) is 4.65. The van der Waals surface area contributed by atoms with E-state index >= 15 is 0 Å². The fraction of sp³-hybridized carbons (Fsp3) is 0.350. The van der Waals surface area contributed by atoms with Crippen LogP contribution in [0.2, 0.25) is 0 Å². The first kappa shape index (κ1) is 15.8. The van der Waals surface area contributed by atoms with Gasteiger partial charge >= 0.3 is 0 Å². The molecule has 0 radical (unpaired) electrons. The molecule has 3 rings (SSSR count). The molecular weight excluding hydrogens is 284 g/mol. The summed E-state index contributed by atoms with van der Waals surface area (Å²) in [5.74, 6) is 0.203. The van der Waals surface area contributed by atoms with Gasteiger partial charge in [0, 0.05) is 12.0 Å². The largest absolute Gasteiger partial charge is 0.349 e. The van der Waals surface area contributed by atoms with Crippen LogP contribution in [-0.2, 0) is 11.2 Å². The second kappa shape index (κ2) is 7.42. The third kappa shape index (κ3) is 4.20. The van der Waals surface area contributed by atoms with E-state index in [2.05, 4.69) is 29.6 Å². The van der Waals surface area contributed by atoms with Crippen molar-refractivity contribution in [3.8, 4) is 0 Å². The molecule has 3 atom stereocenters. The van der Waals surface area contributed by atoms with Crippen LogP contribution in [0.15, 0.2) is 60.7 Å². The van der Waals surface area contributed by atoms with Gasteiger partial charge < -0.3 is 11.1 Å².